The normalized spacial score (nSPS) is 8.50. The first-order valence-corrected chi connectivity index (χ1v) is 4.65. The molecule has 0 heterocycles. The number of nitrogens with zero attached hydrogens (tertiary/aromatic N) is 1. The molecule has 0 aliphatic rings. The molecule has 0 rings (SSSR count). The number of carbonyl (C=O) groups is 1. The van der Waals surface area contributed by atoms with Gasteiger partial charge in [0.25, 0.3) is 0 Å². The molecule has 0 spiro atoms. The molecule has 0 aromatic carbocycles. The molecule has 0 aromatic heterocycles. The Balaban J connectivity index is -0.0000000904. The zero-order valence-electron chi connectivity index (χ0n) is 7.28. The van der Waals surface area contributed by atoms with E-state index in [0.717, 1.165) is 4.90 Å². The summed E-state index contributed by atoms with van der Waals surface area (Å²) >= 11 is 0. The van der Waals surface area contributed by atoms with E-state index in [9.17, 15) is 4.79 Å². The van der Waals surface area contributed by atoms with Crippen molar-refractivity contribution in [1.29, 1.82) is 5.41 Å². The molecule has 0 aliphatic heterocycles. The van der Waals surface area contributed by atoms with Crippen LogP contribution >= 0.6 is 7.82 Å². The van der Waals surface area contributed by atoms with Crippen molar-refractivity contribution in [2.45, 2.75) is 0 Å². The van der Waals surface area contributed by atoms with E-state index in [1.54, 1.807) is 0 Å². The fourth-order valence-electron chi connectivity index (χ4n) is 0.288. The van der Waals surface area contributed by atoms with E-state index >= 15 is 0 Å². The fourth-order valence-corrected chi connectivity index (χ4v) is 0.288. The first kappa shape index (κ1) is 26.6. The van der Waals surface area contributed by atoms with Crippen LogP contribution in [0.25, 0.3) is 0 Å². The molecule has 7 N–H and O–H groups in total. The number of carboxylic acid groups (broad SMARTS) is 1. The Morgan fingerprint density at radius 1 is 1.38 bits per heavy atom. The Hall–Kier alpha value is 2.12. The van der Waals surface area contributed by atoms with Crippen LogP contribution in [-0.4, -0.2) is 153 Å². The first-order chi connectivity index (χ1) is 6.04. The molecule has 16 heavy (non-hydrogen) atoms. The summed E-state index contributed by atoms with van der Waals surface area (Å²) in [4.78, 5) is 32.6. The van der Waals surface area contributed by atoms with Crippen molar-refractivity contribution in [3.63, 3.8) is 0 Å². The van der Waals surface area contributed by atoms with Gasteiger partial charge in [0.2, 0.25) is 0 Å². The predicted molar refractivity (Wildman–Crippen MR) is 60.7 cm³/mol. The fraction of sp³-hybridized carbons (Fsp3) is 0.500. The van der Waals surface area contributed by atoms with Crippen LogP contribution in [0.1, 0.15) is 0 Å². The second-order valence-electron chi connectivity index (χ2n) is 2.15. The second kappa shape index (κ2) is 13.6. The summed E-state index contributed by atoms with van der Waals surface area (Å²) in [7, 11) is -3.20. The molecule has 0 fully saturated rings. The summed E-state index contributed by atoms with van der Waals surface area (Å²) in [6, 6.07) is 0. The summed E-state index contributed by atoms with van der Waals surface area (Å²) in [5, 5.41) is 14.9. The van der Waals surface area contributed by atoms with Crippen molar-refractivity contribution in [3.05, 3.63) is 0 Å². The van der Waals surface area contributed by atoms with Crippen molar-refractivity contribution in [2.24, 2.45) is 5.73 Å². The molecular formula is C4H14K2N3O6P. The molecule has 0 bridgehead atoms. The Kier molecular flexibility index (Phi) is 22.6. The zero-order valence-corrected chi connectivity index (χ0v) is 8.18. The van der Waals surface area contributed by atoms with Gasteiger partial charge in [-0.2, -0.15) is 0 Å². The number of carboxylic acids is 1. The van der Waals surface area contributed by atoms with Gasteiger partial charge in [-0.3, -0.25) is 10.2 Å². The van der Waals surface area contributed by atoms with Crippen molar-refractivity contribution in [1.82, 2.24) is 4.90 Å². The molecule has 12 heteroatoms. The van der Waals surface area contributed by atoms with E-state index in [4.69, 9.17) is 35.5 Å². The SMILES string of the molecule is CN(CC(=O)O)C(=N)N.O=P(O)(O)O.[KH].[KH]. The number of rotatable bonds is 2. The van der Waals surface area contributed by atoms with Crippen LogP contribution in [0, 0.1) is 5.41 Å². The molecule has 0 aliphatic carbocycles. The summed E-state index contributed by atoms with van der Waals surface area (Å²) < 4.78 is 8.88. The molecule has 0 atom stereocenters. The third-order valence-electron chi connectivity index (χ3n) is 0.784. The van der Waals surface area contributed by atoms with Gasteiger partial charge in [-0.25, -0.2) is 4.57 Å². The van der Waals surface area contributed by atoms with Crippen LogP contribution in [0.15, 0.2) is 0 Å². The summed E-state index contributed by atoms with van der Waals surface area (Å²) in [6.45, 7) is -0.227. The van der Waals surface area contributed by atoms with Crippen molar-refractivity contribution in [2.75, 3.05) is 13.6 Å². The molecule has 9 nitrogen and oxygen atoms in total. The minimum absolute atomic E-state index is 0. The van der Waals surface area contributed by atoms with Crippen LogP contribution in [-0.2, 0) is 9.36 Å². The van der Waals surface area contributed by atoms with Gasteiger partial charge in [0.15, 0.2) is 5.96 Å². The van der Waals surface area contributed by atoms with Gasteiger partial charge in [-0.15, -0.1) is 0 Å². The van der Waals surface area contributed by atoms with Crippen LogP contribution in [0.4, 0.5) is 0 Å². The van der Waals surface area contributed by atoms with Gasteiger partial charge in [-0.05, 0) is 0 Å². The van der Waals surface area contributed by atoms with Gasteiger partial charge >= 0.3 is 117 Å². The Morgan fingerprint density at radius 3 is 1.69 bits per heavy atom. The van der Waals surface area contributed by atoms with Crippen LogP contribution in [0.5, 0.6) is 0 Å². The molecule has 0 aromatic rings. The number of phosphoric acid groups is 1. The summed E-state index contributed by atoms with van der Waals surface area (Å²) in [5.41, 5.74) is 4.93. The van der Waals surface area contributed by atoms with E-state index in [0.29, 0.717) is 0 Å². The number of hydrogen-bond donors (Lipinski definition) is 6. The van der Waals surface area contributed by atoms with E-state index in [2.05, 4.69) is 0 Å². The molecule has 0 saturated carbocycles. The number of nitrogens with two attached hydrogens (primary N) is 1. The molecular weight excluding hydrogens is 295 g/mol. The molecule has 0 unspecified atom stereocenters. The number of nitrogens with one attached hydrogen (secondary N) is 1. The van der Waals surface area contributed by atoms with Gasteiger partial charge in [0, 0.05) is 7.05 Å². The molecule has 0 radical (unpaired) electrons. The number of guanidine groups is 1. The minimum atomic E-state index is -4.64. The van der Waals surface area contributed by atoms with E-state index < -0.39 is 13.8 Å². The maximum absolute atomic E-state index is 9.92. The van der Waals surface area contributed by atoms with Crippen LogP contribution < -0.4 is 5.73 Å². The third-order valence-corrected chi connectivity index (χ3v) is 0.784. The molecule has 88 valence electrons. The van der Waals surface area contributed by atoms with E-state index in [1.807, 2.05) is 0 Å². The van der Waals surface area contributed by atoms with Gasteiger partial charge in [-0.1, -0.05) is 0 Å². The second-order valence-corrected chi connectivity index (χ2v) is 3.17. The maximum atomic E-state index is 9.92. The zero-order chi connectivity index (χ0) is 11.9. The topological polar surface area (TPSA) is 168 Å². The molecule has 0 amide bonds. The van der Waals surface area contributed by atoms with Gasteiger partial charge in [0.05, 0.1) is 0 Å². The summed E-state index contributed by atoms with van der Waals surface area (Å²) in [6.07, 6.45) is 0. The quantitative estimate of drug-likeness (QED) is 0.133. The Bertz CT molecular complexity index is 250. The van der Waals surface area contributed by atoms with E-state index in [1.165, 1.54) is 7.05 Å². The summed E-state index contributed by atoms with van der Waals surface area (Å²) in [5.74, 6) is -1.23. The predicted octanol–water partition coefficient (Wildman–Crippen LogP) is -3.33. The standard InChI is InChI=1S/C4H9N3O2.2K.H3O4P.2H/c1-7(4(5)6)2-3(8)9;;;1-5(2,3)4;;/h2H2,1H3,(H3,5,6)(H,8,9);;;(H3,1,2,3,4);;. The van der Waals surface area contributed by atoms with Crippen LogP contribution in [0.3, 0.4) is 0 Å². The van der Waals surface area contributed by atoms with Crippen molar-refractivity contribution < 1.29 is 29.1 Å². The Morgan fingerprint density at radius 2 is 1.62 bits per heavy atom. The van der Waals surface area contributed by atoms with Crippen LogP contribution in [0.2, 0.25) is 0 Å². The number of likely N-dealkylation sites (N-methyl/N-ethyl adjacent to an activating group) is 1. The molecule has 0 saturated heterocycles. The van der Waals surface area contributed by atoms with E-state index in [-0.39, 0.29) is 115 Å². The van der Waals surface area contributed by atoms with Gasteiger partial charge < -0.3 is 30.4 Å². The van der Waals surface area contributed by atoms with Gasteiger partial charge in [0.1, 0.15) is 6.54 Å². The monoisotopic (exact) mass is 309 g/mol. The number of hydrogen-bond acceptors (Lipinski definition) is 3. The first-order valence-electron chi connectivity index (χ1n) is 3.09. The van der Waals surface area contributed by atoms with Crippen molar-refractivity contribution in [3.8, 4) is 0 Å². The number of aliphatic carboxylic acids is 1. The average molecular weight is 309 g/mol. The third kappa shape index (κ3) is 36.0. The Labute approximate surface area is 177 Å². The average Bonchev–Trinajstić information content (AvgIpc) is 1.80. The van der Waals surface area contributed by atoms with Crippen molar-refractivity contribution >= 4 is 123 Å².